The Labute approximate surface area is 481 Å². The third kappa shape index (κ3) is 6.73. The second-order valence-corrected chi connectivity index (χ2v) is 26.8. The van der Waals surface area contributed by atoms with Crippen LogP contribution in [-0.2, 0) is 45.4 Å². The van der Waals surface area contributed by atoms with Gasteiger partial charge < -0.3 is 59.1 Å². The number of aliphatic hydroxyl groups excluding tert-OH is 2. The number of ketones is 1. The number of nitrogens with zero attached hydrogens (tertiary/aromatic N) is 1. The molecule has 5 heterocycles. The lowest BCUT2D eigenvalue weighted by molar-refractivity contribution is -0.328. The minimum absolute atomic E-state index is 0.0223. The molecular formula is C69H70N2O12. The van der Waals surface area contributed by atoms with E-state index in [2.05, 4.69) is 47.4 Å². The molecule has 2 spiro atoms. The molecule has 4 aliphatic heterocycles. The van der Waals surface area contributed by atoms with Crippen molar-refractivity contribution >= 4 is 45.0 Å². The topological polar surface area (TPSA) is 200 Å². The van der Waals surface area contributed by atoms with Crippen molar-refractivity contribution in [3.8, 4) is 29.3 Å². The van der Waals surface area contributed by atoms with Crippen LogP contribution in [0.1, 0.15) is 166 Å². The summed E-state index contributed by atoms with van der Waals surface area (Å²) in [6, 6.07) is 10.1. The number of aryl methyl sites for hydroxylation is 2. The van der Waals surface area contributed by atoms with Crippen LogP contribution < -0.4 is 9.47 Å². The molecule has 4 saturated carbocycles. The van der Waals surface area contributed by atoms with Crippen LogP contribution in [0.25, 0.3) is 33.3 Å². The highest BCUT2D eigenvalue weighted by molar-refractivity contribution is 6.17. The predicted octanol–water partition coefficient (Wildman–Crippen LogP) is 9.46. The summed E-state index contributed by atoms with van der Waals surface area (Å²) in [7, 11) is 1.61. The van der Waals surface area contributed by atoms with Gasteiger partial charge in [-0.3, -0.25) is 9.59 Å². The van der Waals surface area contributed by atoms with Gasteiger partial charge in [-0.25, -0.2) is 0 Å². The van der Waals surface area contributed by atoms with Crippen molar-refractivity contribution in [2.24, 2.45) is 29.1 Å². The number of aromatic nitrogens is 1. The van der Waals surface area contributed by atoms with E-state index in [1.165, 1.54) is 24.0 Å². The van der Waals surface area contributed by atoms with Gasteiger partial charge in [0.2, 0.25) is 6.29 Å². The maximum Gasteiger partial charge on any atom is 0.254 e. The second kappa shape index (κ2) is 18.0. The Bertz CT molecular complexity index is 3850. The number of aromatic hydroxyl groups is 1. The molecule has 1 aromatic heterocycles. The first-order valence-corrected chi connectivity index (χ1v) is 30.8. The quantitative estimate of drug-likeness (QED) is 0.0740. The summed E-state index contributed by atoms with van der Waals surface area (Å²) in [6.45, 7) is -1.36. The van der Waals surface area contributed by atoms with Gasteiger partial charge in [-0.15, -0.1) is 0 Å². The molecule has 0 radical (unpaired) electrons. The fourth-order valence-electron chi connectivity index (χ4n) is 19.9. The van der Waals surface area contributed by atoms with E-state index in [1.54, 1.807) is 24.1 Å². The van der Waals surface area contributed by atoms with Gasteiger partial charge in [-0.1, -0.05) is 68.0 Å². The first-order valence-electron chi connectivity index (χ1n) is 30.8. The number of aliphatic hydroxyl groups is 4. The van der Waals surface area contributed by atoms with E-state index in [0.29, 0.717) is 41.0 Å². The summed E-state index contributed by atoms with van der Waals surface area (Å²) in [6.07, 6.45) is 23.4. The first kappa shape index (κ1) is 51.0. The van der Waals surface area contributed by atoms with Crippen molar-refractivity contribution in [3.05, 3.63) is 122 Å². The van der Waals surface area contributed by atoms with Crippen LogP contribution >= 0.6 is 0 Å². The first-order chi connectivity index (χ1) is 40.4. The molecule has 1 amide bonds. The number of phenolic OH excluding ortho intramolecular Hbond substituents is 1. The Balaban J connectivity index is 0.885. The highest BCUT2D eigenvalue weighted by Gasteiger charge is 2.70. The average molecular weight is 1120 g/mol. The Morgan fingerprint density at radius 2 is 1.78 bits per heavy atom. The molecule has 14 heteroatoms. The molecular weight excluding hydrogens is 1050 g/mol. The monoisotopic (exact) mass is 1120 g/mol. The number of Topliss-reactive ketones (excluding diaryl/α,β-unsaturated/α-hetero) is 1. The lowest BCUT2D eigenvalue weighted by Gasteiger charge is -2.67. The molecule has 12 bridgehead atoms. The molecule has 428 valence electrons. The van der Waals surface area contributed by atoms with E-state index in [1.807, 2.05) is 24.4 Å². The Kier molecular flexibility index (Phi) is 11.1. The number of H-pyrrole nitrogens is 1. The summed E-state index contributed by atoms with van der Waals surface area (Å²) >= 11 is 0. The molecule has 1 saturated heterocycles. The molecule has 6 N–H and O–H groups in total. The Morgan fingerprint density at radius 3 is 2.64 bits per heavy atom. The largest absolute Gasteiger partial charge is 0.506 e. The average Bonchev–Trinajstić information content (AvgIpc) is 1.76. The number of carbonyl (C=O) groups excluding carboxylic acids is 2. The number of phenols is 1. The molecule has 14 nitrogen and oxygen atoms in total. The summed E-state index contributed by atoms with van der Waals surface area (Å²) in [5.74, 6) is 3.37. The summed E-state index contributed by atoms with van der Waals surface area (Å²) in [5.41, 5.74) is 7.06. The normalized spacial score (nSPS) is 35.5. The van der Waals surface area contributed by atoms with E-state index in [0.717, 1.165) is 120 Å². The Morgan fingerprint density at radius 1 is 0.916 bits per heavy atom. The number of methoxy groups -OCH3 is 1. The van der Waals surface area contributed by atoms with Crippen molar-refractivity contribution in [3.63, 3.8) is 0 Å². The van der Waals surface area contributed by atoms with Crippen molar-refractivity contribution < 1.29 is 58.8 Å². The fraction of sp³-hybridized carbons (Fsp3) is 0.507. The van der Waals surface area contributed by atoms with Crippen LogP contribution in [0, 0.1) is 41.1 Å². The highest BCUT2D eigenvalue weighted by Crippen LogP contribution is 2.73. The smallest absolute Gasteiger partial charge is 0.254 e. The lowest BCUT2D eigenvalue weighted by Crippen LogP contribution is -2.70. The van der Waals surface area contributed by atoms with Crippen molar-refractivity contribution in [2.75, 3.05) is 26.9 Å². The van der Waals surface area contributed by atoms with Gasteiger partial charge in [-0.2, -0.15) is 0 Å². The summed E-state index contributed by atoms with van der Waals surface area (Å²) in [4.78, 5) is 35.1. The van der Waals surface area contributed by atoms with Crippen LogP contribution in [0.2, 0.25) is 0 Å². The predicted molar refractivity (Wildman–Crippen MR) is 308 cm³/mol. The number of ether oxygens (including phenoxy) is 5. The van der Waals surface area contributed by atoms with Crippen molar-refractivity contribution in [2.45, 2.75) is 163 Å². The molecule has 17 rings (SSSR count). The van der Waals surface area contributed by atoms with Crippen LogP contribution in [0.4, 0.5) is 0 Å². The van der Waals surface area contributed by atoms with E-state index >= 15 is 4.79 Å². The molecule has 4 aromatic carbocycles. The van der Waals surface area contributed by atoms with E-state index in [4.69, 9.17) is 23.7 Å². The third-order valence-corrected chi connectivity index (χ3v) is 23.4. The van der Waals surface area contributed by atoms with Gasteiger partial charge in [0, 0.05) is 63.5 Å². The van der Waals surface area contributed by atoms with Crippen LogP contribution in [0.5, 0.6) is 17.2 Å². The zero-order chi connectivity index (χ0) is 56.1. The number of hydrogen-bond donors (Lipinski definition) is 6. The molecule has 13 unspecified atom stereocenters. The summed E-state index contributed by atoms with van der Waals surface area (Å²) in [5, 5.41) is 65.3. The molecule has 5 fully saturated rings. The minimum atomic E-state index is -2.48. The number of hydrogen-bond acceptors (Lipinski definition) is 12. The number of allylic oxidation sites excluding steroid dienone is 3. The second-order valence-electron chi connectivity index (χ2n) is 26.8. The number of carbonyl (C=O) groups is 2. The zero-order valence-corrected chi connectivity index (χ0v) is 46.8. The zero-order valence-electron chi connectivity index (χ0n) is 46.8. The number of amides is 1. The lowest BCUT2D eigenvalue weighted by atomic mass is 9.38. The number of nitrogens with one attached hydrogen (secondary N) is 1. The molecule has 13 atom stereocenters. The maximum absolute atomic E-state index is 15.6. The van der Waals surface area contributed by atoms with Crippen LogP contribution in [-0.4, -0.2) is 110 Å². The van der Waals surface area contributed by atoms with Crippen molar-refractivity contribution in [1.29, 1.82) is 0 Å². The van der Waals surface area contributed by atoms with E-state index in [9.17, 15) is 30.3 Å². The highest BCUT2D eigenvalue weighted by atomic mass is 16.7. The van der Waals surface area contributed by atoms with Gasteiger partial charge in [0.05, 0.1) is 49.0 Å². The number of fused-ring (bicyclic) bond motifs is 12. The number of benzene rings is 4. The van der Waals surface area contributed by atoms with Gasteiger partial charge in [-0.05, 0) is 163 Å². The van der Waals surface area contributed by atoms with Crippen molar-refractivity contribution in [1.82, 2.24) is 9.88 Å². The minimum Gasteiger partial charge on any atom is -0.506 e. The van der Waals surface area contributed by atoms with Gasteiger partial charge in [0.1, 0.15) is 41.7 Å². The molecule has 83 heavy (non-hydrogen) atoms. The van der Waals surface area contributed by atoms with Gasteiger partial charge in [0.15, 0.2) is 17.5 Å². The third-order valence-electron chi connectivity index (χ3n) is 23.4. The number of rotatable bonds is 3. The standard InChI is InChI=1S/C69H70N2O12/c1-79-61-42-17-15-38-26-36-9-5-12-40(36)55-54(38)56(42)58-60(75)57(55)51(73)31-71-30-46-35(8-4-13-41(46)64(71)76)10-7-25-80-63-59(74)53-32-81-52(20-18-43(61)62(58)83-65(82-53)69(63,78)34-72)45-29-70-50-27-37-21-24-67(49(37)28-44(45)50)33-68(77)39-11-6-14-48(68)47(19-16-39)66(67)22-2-3-23-66/h4,8,13,16,18-20,26-29,36,39-40,47-48,52-53,59,63,65,70,72,74-75,77-78H,2-3,5-6,9-12,14-15,17,21-24,30-34H2,1H3. The fourth-order valence-corrected chi connectivity index (χ4v) is 19.9. The van der Waals surface area contributed by atoms with Crippen LogP contribution in [0.3, 0.4) is 0 Å². The SMILES string of the molecule is COc1c2c3c4c(O)c(c5c6c4c1CCC6=CC1CCCC51)C(=O)CN1Cc4c(cccc4C1=O)CC#COC1C(O)C(COC(c4c[nH]c5cc6c(cc45)C4(CC6)CC5(O)C6C=CC(C5CCC6)C45CCCC5)C=C2)OC(O3)C1(O)CO. The molecule has 12 aliphatic rings. The summed E-state index contributed by atoms with van der Waals surface area (Å²) < 4.78 is 33.7. The van der Waals surface area contributed by atoms with E-state index in [-0.39, 0.29) is 89.0 Å². The maximum atomic E-state index is 15.6. The molecule has 8 aliphatic carbocycles. The van der Waals surface area contributed by atoms with Gasteiger partial charge >= 0.3 is 0 Å². The molecule has 5 aromatic rings. The Hall–Kier alpha value is -6.44. The van der Waals surface area contributed by atoms with Gasteiger partial charge in [0.25, 0.3) is 5.91 Å². The van der Waals surface area contributed by atoms with Crippen LogP contribution in [0.15, 0.2) is 60.8 Å². The number of aromatic amines is 1. The van der Waals surface area contributed by atoms with E-state index < -0.39 is 54.3 Å².